The molecule has 0 spiro atoms. The van der Waals surface area contributed by atoms with Crippen LogP contribution in [0.15, 0.2) is 46.8 Å². The molecule has 0 aromatic heterocycles. The van der Waals surface area contributed by atoms with Gasteiger partial charge in [-0.05, 0) is 40.2 Å². The van der Waals surface area contributed by atoms with Crippen LogP contribution in [0, 0.1) is 5.82 Å². The van der Waals surface area contributed by atoms with E-state index in [0.29, 0.717) is 23.6 Å². The van der Waals surface area contributed by atoms with Crippen molar-refractivity contribution in [3.05, 3.63) is 58.2 Å². The Hall–Kier alpha value is -2.63. The molecule has 2 N–H and O–H groups in total. The third-order valence-electron chi connectivity index (χ3n) is 5.59. The zero-order valence-corrected chi connectivity index (χ0v) is 20.0. The van der Waals surface area contributed by atoms with Gasteiger partial charge < -0.3 is 15.4 Å². The fraction of sp³-hybridized carbons (Fsp3) is 0.538. The summed E-state index contributed by atoms with van der Waals surface area (Å²) in [5, 5.41) is 6.01. The first-order valence-corrected chi connectivity index (χ1v) is 11.7. The second-order valence-electron chi connectivity index (χ2n) is 8.69. The summed E-state index contributed by atoms with van der Waals surface area (Å²) >= 11 is 0. The van der Waals surface area contributed by atoms with E-state index in [4.69, 9.17) is 4.74 Å². The van der Waals surface area contributed by atoms with Crippen LogP contribution in [0.25, 0.3) is 0 Å². The Morgan fingerprint density at radius 1 is 1.03 bits per heavy atom. The van der Waals surface area contributed by atoms with E-state index < -0.39 is 17.7 Å². The molecule has 0 bridgehead atoms. The van der Waals surface area contributed by atoms with Gasteiger partial charge in [-0.3, -0.25) is 4.79 Å². The lowest BCUT2D eigenvalue weighted by Gasteiger charge is -2.31. The Kier molecular flexibility index (Phi) is 9.95. The van der Waals surface area contributed by atoms with Crippen LogP contribution in [-0.4, -0.2) is 24.5 Å². The summed E-state index contributed by atoms with van der Waals surface area (Å²) < 4.78 is 20.4. The van der Waals surface area contributed by atoms with Crippen LogP contribution >= 0.6 is 0 Å². The normalized spacial score (nSPS) is 16.3. The number of carbonyl (C=O) groups is 2. The predicted octanol–water partition coefficient (Wildman–Crippen LogP) is 5.49. The standard InChI is InChI=1S/C26H37FN2O3/c1-6-7-8-9-10-13-16-32-26(31)23-19(5)29-18(4)22(25(30)28-17(2)3)24(23)20-14-11-12-15-21(20)27/h11-12,14-15,17,24,29H,6-10,13,16H2,1-5H3,(H,28,30). The number of unbranched alkanes of at least 4 members (excludes halogenated alkanes) is 5. The molecule has 32 heavy (non-hydrogen) atoms. The van der Waals surface area contributed by atoms with Crippen molar-refractivity contribution in [2.45, 2.75) is 85.1 Å². The van der Waals surface area contributed by atoms with Gasteiger partial charge in [-0.1, -0.05) is 57.2 Å². The minimum atomic E-state index is -0.840. The lowest BCUT2D eigenvalue weighted by Crippen LogP contribution is -2.39. The van der Waals surface area contributed by atoms with Crippen LogP contribution in [0.1, 0.15) is 84.6 Å². The van der Waals surface area contributed by atoms with Crippen LogP contribution in [0.5, 0.6) is 0 Å². The largest absolute Gasteiger partial charge is 0.462 e. The van der Waals surface area contributed by atoms with Crippen molar-refractivity contribution in [3.63, 3.8) is 0 Å². The minimum absolute atomic E-state index is 0.0980. The van der Waals surface area contributed by atoms with E-state index in [-0.39, 0.29) is 23.1 Å². The molecular weight excluding hydrogens is 407 g/mol. The summed E-state index contributed by atoms with van der Waals surface area (Å²) in [7, 11) is 0. The topological polar surface area (TPSA) is 67.4 Å². The van der Waals surface area contributed by atoms with E-state index in [1.54, 1.807) is 32.0 Å². The number of ether oxygens (including phenoxy) is 1. The molecule has 0 radical (unpaired) electrons. The van der Waals surface area contributed by atoms with Gasteiger partial charge >= 0.3 is 5.97 Å². The number of allylic oxidation sites excluding steroid dienone is 2. The number of rotatable bonds is 11. The second-order valence-corrected chi connectivity index (χ2v) is 8.69. The molecule has 1 unspecified atom stereocenters. The van der Waals surface area contributed by atoms with Crippen LogP contribution in [0.2, 0.25) is 0 Å². The maximum atomic E-state index is 14.9. The third-order valence-corrected chi connectivity index (χ3v) is 5.59. The first-order chi connectivity index (χ1) is 15.3. The third kappa shape index (κ3) is 6.68. The van der Waals surface area contributed by atoms with Gasteiger partial charge in [-0.2, -0.15) is 0 Å². The van der Waals surface area contributed by atoms with Gasteiger partial charge in [0.25, 0.3) is 0 Å². The van der Waals surface area contributed by atoms with Gasteiger partial charge in [0.15, 0.2) is 0 Å². The molecule has 6 heteroatoms. The predicted molar refractivity (Wildman–Crippen MR) is 125 cm³/mol. The molecule has 0 fully saturated rings. The lowest BCUT2D eigenvalue weighted by atomic mass is 9.79. The van der Waals surface area contributed by atoms with Crippen molar-refractivity contribution in [2.24, 2.45) is 0 Å². The van der Waals surface area contributed by atoms with Gasteiger partial charge in [0.1, 0.15) is 5.82 Å². The fourth-order valence-electron chi connectivity index (χ4n) is 4.05. The van der Waals surface area contributed by atoms with Crippen molar-refractivity contribution in [1.82, 2.24) is 10.6 Å². The average molecular weight is 445 g/mol. The summed E-state index contributed by atoms with van der Waals surface area (Å²) in [4.78, 5) is 26.2. The molecule has 1 aliphatic rings. The average Bonchev–Trinajstić information content (AvgIpc) is 2.72. The molecule has 176 valence electrons. The summed E-state index contributed by atoms with van der Waals surface area (Å²) in [6.45, 7) is 9.73. The summed E-state index contributed by atoms with van der Waals surface area (Å²) in [5.74, 6) is -2.14. The number of hydrogen-bond donors (Lipinski definition) is 2. The summed E-state index contributed by atoms with van der Waals surface area (Å²) in [6.07, 6.45) is 6.50. The van der Waals surface area contributed by atoms with Crippen LogP contribution in [-0.2, 0) is 14.3 Å². The fourth-order valence-corrected chi connectivity index (χ4v) is 4.05. The van der Waals surface area contributed by atoms with Crippen LogP contribution in [0.3, 0.4) is 0 Å². The van der Waals surface area contributed by atoms with Gasteiger partial charge in [-0.15, -0.1) is 0 Å². The number of amides is 1. The maximum absolute atomic E-state index is 14.9. The number of esters is 1. The molecule has 1 aromatic carbocycles. The zero-order valence-electron chi connectivity index (χ0n) is 20.0. The first kappa shape index (κ1) is 25.6. The molecule has 1 atom stereocenters. The Morgan fingerprint density at radius 3 is 2.31 bits per heavy atom. The number of benzene rings is 1. The molecule has 1 heterocycles. The quantitative estimate of drug-likeness (QED) is 0.350. The highest BCUT2D eigenvalue weighted by Crippen LogP contribution is 2.39. The van der Waals surface area contributed by atoms with Gasteiger partial charge in [-0.25, -0.2) is 9.18 Å². The van der Waals surface area contributed by atoms with Crippen LogP contribution < -0.4 is 10.6 Å². The molecule has 5 nitrogen and oxygen atoms in total. The van der Waals surface area contributed by atoms with E-state index in [2.05, 4.69) is 17.6 Å². The Balaban J connectivity index is 2.29. The molecule has 1 aliphatic heterocycles. The number of hydrogen-bond acceptors (Lipinski definition) is 4. The number of nitrogens with one attached hydrogen (secondary N) is 2. The minimum Gasteiger partial charge on any atom is -0.462 e. The van der Waals surface area contributed by atoms with Crippen molar-refractivity contribution in [1.29, 1.82) is 0 Å². The molecule has 1 aromatic rings. The summed E-state index contributed by atoms with van der Waals surface area (Å²) in [5.41, 5.74) is 2.07. The van der Waals surface area contributed by atoms with E-state index in [0.717, 1.165) is 19.3 Å². The van der Waals surface area contributed by atoms with E-state index >= 15 is 0 Å². The first-order valence-electron chi connectivity index (χ1n) is 11.7. The van der Waals surface area contributed by atoms with Crippen molar-refractivity contribution >= 4 is 11.9 Å². The Bertz CT molecular complexity index is 874. The van der Waals surface area contributed by atoms with Gasteiger partial charge in [0, 0.05) is 28.6 Å². The van der Waals surface area contributed by atoms with Crippen molar-refractivity contribution < 1.29 is 18.7 Å². The van der Waals surface area contributed by atoms with E-state index in [1.807, 2.05) is 13.8 Å². The Morgan fingerprint density at radius 2 is 1.66 bits per heavy atom. The zero-order chi connectivity index (χ0) is 23.7. The number of carbonyl (C=O) groups excluding carboxylic acids is 2. The second kappa shape index (κ2) is 12.4. The maximum Gasteiger partial charge on any atom is 0.336 e. The van der Waals surface area contributed by atoms with Gasteiger partial charge in [0.2, 0.25) is 5.91 Å². The highest BCUT2D eigenvalue weighted by atomic mass is 19.1. The SMILES string of the molecule is CCCCCCCCOC(=O)C1=C(C)NC(C)=C(C(=O)NC(C)C)C1c1ccccc1F. The number of halogens is 1. The molecule has 0 saturated heterocycles. The lowest BCUT2D eigenvalue weighted by molar-refractivity contribution is -0.139. The van der Waals surface area contributed by atoms with E-state index in [9.17, 15) is 14.0 Å². The van der Waals surface area contributed by atoms with E-state index in [1.165, 1.54) is 25.3 Å². The molecule has 0 saturated carbocycles. The summed E-state index contributed by atoms with van der Waals surface area (Å²) in [6, 6.07) is 6.17. The number of dihydropyridines is 1. The monoisotopic (exact) mass is 444 g/mol. The Labute approximate surface area is 191 Å². The molecule has 1 amide bonds. The van der Waals surface area contributed by atoms with Crippen molar-refractivity contribution in [2.75, 3.05) is 6.61 Å². The smallest absolute Gasteiger partial charge is 0.336 e. The van der Waals surface area contributed by atoms with Gasteiger partial charge in [0.05, 0.1) is 18.1 Å². The van der Waals surface area contributed by atoms with Crippen LogP contribution in [0.4, 0.5) is 4.39 Å². The molecular formula is C26H37FN2O3. The highest BCUT2D eigenvalue weighted by Gasteiger charge is 2.38. The van der Waals surface area contributed by atoms with Crippen molar-refractivity contribution in [3.8, 4) is 0 Å². The highest BCUT2D eigenvalue weighted by molar-refractivity contribution is 6.02. The molecule has 0 aliphatic carbocycles. The molecule has 2 rings (SSSR count).